The van der Waals surface area contributed by atoms with Gasteiger partial charge >= 0.3 is 0 Å². The maximum absolute atomic E-state index is 12.0. The van der Waals surface area contributed by atoms with Gasteiger partial charge in [0.1, 0.15) is 5.75 Å². The lowest BCUT2D eigenvalue weighted by atomic mass is 10.0. The standard InChI is InChI=1S/C18H24Cl2N2O2/c1-13(2)5-8-22-9-6-14(7-10-22)21-18(23)12-24-15-3-4-16(19)17(20)11-15/h3-5,11,14H,6-10,12H2,1-2H3,(H,21,23). The molecular formula is C18H24Cl2N2O2. The summed E-state index contributed by atoms with van der Waals surface area (Å²) in [6.07, 6.45) is 4.17. The van der Waals surface area contributed by atoms with Crippen LogP contribution in [0.4, 0.5) is 0 Å². The zero-order valence-corrected chi connectivity index (χ0v) is 15.7. The number of nitrogens with one attached hydrogen (secondary N) is 1. The van der Waals surface area contributed by atoms with Crippen LogP contribution in [-0.2, 0) is 4.79 Å². The third-order valence-electron chi connectivity index (χ3n) is 3.97. The van der Waals surface area contributed by atoms with Crippen LogP contribution >= 0.6 is 23.2 Å². The van der Waals surface area contributed by atoms with Crippen molar-refractivity contribution in [3.63, 3.8) is 0 Å². The second-order valence-corrected chi connectivity index (χ2v) is 7.10. The number of likely N-dealkylation sites (tertiary alicyclic amines) is 1. The fourth-order valence-electron chi connectivity index (χ4n) is 2.56. The number of rotatable bonds is 6. The first kappa shape index (κ1) is 19.1. The van der Waals surface area contributed by atoms with Crippen molar-refractivity contribution < 1.29 is 9.53 Å². The van der Waals surface area contributed by atoms with Crippen LogP contribution in [0.25, 0.3) is 0 Å². The highest BCUT2D eigenvalue weighted by Crippen LogP contribution is 2.26. The van der Waals surface area contributed by atoms with Crippen molar-refractivity contribution in [2.45, 2.75) is 32.7 Å². The molecule has 6 heteroatoms. The molecule has 1 aliphatic rings. The summed E-state index contributed by atoms with van der Waals surface area (Å²) in [7, 11) is 0. The van der Waals surface area contributed by atoms with Crippen LogP contribution in [0.5, 0.6) is 5.75 Å². The van der Waals surface area contributed by atoms with Gasteiger partial charge in [-0.15, -0.1) is 0 Å². The third-order valence-corrected chi connectivity index (χ3v) is 4.71. The Morgan fingerprint density at radius 2 is 2.00 bits per heavy atom. The molecule has 1 amide bonds. The van der Waals surface area contributed by atoms with E-state index >= 15 is 0 Å². The van der Waals surface area contributed by atoms with Gasteiger partial charge < -0.3 is 10.1 Å². The van der Waals surface area contributed by atoms with E-state index in [4.69, 9.17) is 27.9 Å². The molecule has 0 atom stereocenters. The molecule has 4 nitrogen and oxygen atoms in total. The van der Waals surface area contributed by atoms with E-state index < -0.39 is 0 Å². The summed E-state index contributed by atoms with van der Waals surface area (Å²) < 4.78 is 5.46. The summed E-state index contributed by atoms with van der Waals surface area (Å²) in [5, 5.41) is 3.92. The van der Waals surface area contributed by atoms with E-state index in [1.165, 1.54) is 5.57 Å². The van der Waals surface area contributed by atoms with Gasteiger partial charge in [0.15, 0.2) is 6.61 Å². The van der Waals surface area contributed by atoms with Crippen molar-refractivity contribution in [1.82, 2.24) is 10.2 Å². The number of benzene rings is 1. The van der Waals surface area contributed by atoms with Gasteiger partial charge in [-0.05, 0) is 38.8 Å². The second kappa shape index (κ2) is 9.30. The number of piperidine rings is 1. The van der Waals surface area contributed by atoms with Crippen LogP contribution in [-0.4, -0.2) is 43.1 Å². The Morgan fingerprint density at radius 3 is 2.62 bits per heavy atom. The quantitative estimate of drug-likeness (QED) is 0.771. The summed E-state index contributed by atoms with van der Waals surface area (Å²) in [4.78, 5) is 14.4. The normalized spacial score (nSPS) is 15.8. The first-order chi connectivity index (χ1) is 11.4. The number of ether oxygens (including phenoxy) is 1. The summed E-state index contributed by atoms with van der Waals surface area (Å²) in [6, 6.07) is 5.18. The second-order valence-electron chi connectivity index (χ2n) is 6.29. The topological polar surface area (TPSA) is 41.6 Å². The minimum Gasteiger partial charge on any atom is -0.484 e. The van der Waals surface area contributed by atoms with Gasteiger partial charge in [0, 0.05) is 31.7 Å². The van der Waals surface area contributed by atoms with Crippen LogP contribution in [0, 0.1) is 0 Å². The SMILES string of the molecule is CC(C)=CCN1CCC(NC(=O)COc2ccc(Cl)c(Cl)c2)CC1. The molecule has 1 aromatic rings. The average Bonchev–Trinajstić information content (AvgIpc) is 2.55. The van der Waals surface area contributed by atoms with Crippen LogP contribution < -0.4 is 10.1 Å². The first-order valence-electron chi connectivity index (χ1n) is 8.17. The predicted molar refractivity (Wildman–Crippen MR) is 99.0 cm³/mol. The van der Waals surface area contributed by atoms with Crippen LogP contribution in [0.2, 0.25) is 10.0 Å². The number of hydrogen-bond donors (Lipinski definition) is 1. The van der Waals surface area contributed by atoms with E-state index in [9.17, 15) is 4.79 Å². The molecule has 0 radical (unpaired) electrons. The van der Waals surface area contributed by atoms with E-state index in [1.54, 1.807) is 18.2 Å². The summed E-state index contributed by atoms with van der Waals surface area (Å²) in [5.41, 5.74) is 1.34. The minimum atomic E-state index is -0.108. The molecule has 2 rings (SSSR count). The van der Waals surface area contributed by atoms with Gasteiger partial charge in [0.2, 0.25) is 0 Å². The maximum Gasteiger partial charge on any atom is 0.258 e. The smallest absolute Gasteiger partial charge is 0.258 e. The van der Waals surface area contributed by atoms with Crippen molar-refractivity contribution in [1.29, 1.82) is 0 Å². The van der Waals surface area contributed by atoms with E-state index in [-0.39, 0.29) is 18.6 Å². The molecule has 132 valence electrons. The molecule has 0 aromatic heterocycles. The summed E-state index contributed by atoms with van der Waals surface area (Å²) in [6.45, 7) is 7.20. The van der Waals surface area contributed by atoms with Gasteiger partial charge in [-0.2, -0.15) is 0 Å². The van der Waals surface area contributed by atoms with Gasteiger partial charge in [-0.25, -0.2) is 0 Å². The molecule has 0 bridgehead atoms. The maximum atomic E-state index is 12.0. The van der Waals surface area contributed by atoms with Crippen molar-refractivity contribution in [2.75, 3.05) is 26.2 Å². The molecule has 1 N–H and O–H groups in total. The molecule has 0 unspecified atom stereocenters. The molecule has 24 heavy (non-hydrogen) atoms. The van der Waals surface area contributed by atoms with E-state index in [1.807, 2.05) is 0 Å². The number of allylic oxidation sites excluding steroid dienone is 1. The van der Waals surface area contributed by atoms with Crippen molar-refractivity contribution >= 4 is 29.1 Å². The Kier molecular flexibility index (Phi) is 7.40. The Bertz CT molecular complexity index is 593. The van der Waals surface area contributed by atoms with Gasteiger partial charge in [0.05, 0.1) is 10.0 Å². The molecular weight excluding hydrogens is 347 g/mol. The minimum absolute atomic E-state index is 0.0179. The molecule has 0 saturated carbocycles. The molecule has 1 heterocycles. The number of amides is 1. The third kappa shape index (κ3) is 6.34. The van der Waals surface area contributed by atoms with E-state index in [2.05, 4.69) is 30.1 Å². The van der Waals surface area contributed by atoms with Crippen molar-refractivity contribution in [3.8, 4) is 5.75 Å². The zero-order valence-electron chi connectivity index (χ0n) is 14.1. The molecule has 0 aliphatic carbocycles. The van der Waals surface area contributed by atoms with Crippen LogP contribution in [0.3, 0.4) is 0 Å². The number of nitrogens with zero attached hydrogens (tertiary/aromatic N) is 1. The molecule has 1 aromatic carbocycles. The van der Waals surface area contributed by atoms with Crippen molar-refractivity contribution in [3.05, 3.63) is 39.9 Å². The lowest BCUT2D eigenvalue weighted by Gasteiger charge is -2.31. The Hall–Kier alpha value is -1.23. The lowest BCUT2D eigenvalue weighted by Crippen LogP contribution is -2.45. The first-order valence-corrected chi connectivity index (χ1v) is 8.92. The fraction of sp³-hybridized carbons (Fsp3) is 0.500. The summed E-state index contributed by atoms with van der Waals surface area (Å²) >= 11 is 11.8. The molecule has 0 spiro atoms. The van der Waals surface area contributed by atoms with Gasteiger partial charge in [-0.1, -0.05) is 34.9 Å². The molecule has 1 fully saturated rings. The highest BCUT2D eigenvalue weighted by atomic mass is 35.5. The molecule has 1 aliphatic heterocycles. The largest absolute Gasteiger partial charge is 0.484 e. The predicted octanol–water partition coefficient (Wildman–Crippen LogP) is 3.92. The number of carbonyl (C=O) groups is 1. The zero-order chi connectivity index (χ0) is 17.5. The highest BCUT2D eigenvalue weighted by Gasteiger charge is 2.20. The number of halogens is 2. The van der Waals surface area contributed by atoms with E-state index in [0.717, 1.165) is 32.5 Å². The van der Waals surface area contributed by atoms with Crippen LogP contribution in [0.1, 0.15) is 26.7 Å². The van der Waals surface area contributed by atoms with Gasteiger partial charge in [-0.3, -0.25) is 9.69 Å². The van der Waals surface area contributed by atoms with Crippen LogP contribution in [0.15, 0.2) is 29.8 Å². The van der Waals surface area contributed by atoms with E-state index in [0.29, 0.717) is 15.8 Å². The highest BCUT2D eigenvalue weighted by molar-refractivity contribution is 6.42. The lowest BCUT2D eigenvalue weighted by molar-refractivity contribution is -0.124. The van der Waals surface area contributed by atoms with Crippen molar-refractivity contribution in [2.24, 2.45) is 0 Å². The summed E-state index contributed by atoms with van der Waals surface area (Å²) in [5.74, 6) is 0.430. The number of hydrogen-bond acceptors (Lipinski definition) is 3. The average molecular weight is 371 g/mol. The Balaban J connectivity index is 1.70. The fourth-order valence-corrected chi connectivity index (χ4v) is 2.84. The number of carbonyl (C=O) groups excluding carboxylic acids is 1. The monoisotopic (exact) mass is 370 g/mol. The van der Waals surface area contributed by atoms with Gasteiger partial charge in [0.25, 0.3) is 5.91 Å². The molecule has 1 saturated heterocycles. The Morgan fingerprint density at radius 1 is 1.29 bits per heavy atom. The Labute approximate surface area is 153 Å².